The molecule has 26 heavy (non-hydrogen) atoms. The zero-order valence-electron chi connectivity index (χ0n) is 14.4. The van der Waals surface area contributed by atoms with Crippen LogP contribution in [-0.2, 0) is 13.2 Å². The molecule has 0 aromatic heterocycles. The van der Waals surface area contributed by atoms with Gasteiger partial charge in [-0.1, -0.05) is 72.3 Å². The molecule has 0 bridgehead atoms. The smallest absolute Gasteiger partial charge is 0.124 e. The first-order valence-corrected chi connectivity index (χ1v) is 8.99. The van der Waals surface area contributed by atoms with Crippen molar-refractivity contribution in [2.45, 2.75) is 19.3 Å². The van der Waals surface area contributed by atoms with Crippen LogP contribution in [0.25, 0.3) is 0 Å². The number of hydrogen-bond acceptors (Lipinski definition) is 3. The van der Waals surface area contributed by atoms with Gasteiger partial charge in [0.25, 0.3) is 0 Å². The predicted molar refractivity (Wildman–Crippen MR) is 105 cm³/mol. The van der Waals surface area contributed by atoms with Gasteiger partial charge in [-0.2, -0.15) is 0 Å². The lowest BCUT2D eigenvalue weighted by Crippen LogP contribution is -2.21. The molecular formula is C22H22ClNO2. The molecule has 0 amide bonds. The van der Waals surface area contributed by atoms with Gasteiger partial charge >= 0.3 is 0 Å². The van der Waals surface area contributed by atoms with Crippen LogP contribution in [0.4, 0.5) is 0 Å². The van der Waals surface area contributed by atoms with Crippen molar-refractivity contribution in [1.82, 2.24) is 5.32 Å². The van der Waals surface area contributed by atoms with Crippen LogP contribution in [0.15, 0.2) is 78.9 Å². The number of aliphatic hydroxyl groups is 1. The van der Waals surface area contributed by atoms with E-state index in [0.717, 1.165) is 22.4 Å². The normalized spacial score (nSPS) is 11.9. The lowest BCUT2D eigenvalue weighted by atomic mass is 10.1. The van der Waals surface area contributed by atoms with Crippen molar-refractivity contribution in [1.29, 1.82) is 0 Å². The molecule has 0 heterocycles. The van der Waals surface area contributed by atoms with Crippen molar-refractivity contribution >= 4 is 11.6 Å². The number of benzene rings is 3. The minimum absolute atomic E-state index is 0.463. The fourth-order valence-electron chi connectivity index (χ4n) is 2.72. The molecule has 0 radical (unpaired) electrons. The highest BCUT2D eigenvalue weighted by Gasteiger charge is 2.08. The summed E-state index contributed by atoms with van der Waals surface area (Å²) in [4.78, 5) is 0. The highest BCUT2D eigenvalue weighted by atomic mass is 35.5. The molecule has 3 aromatic carbocycles. The summed E-state index contributed by atoms with van der Waals surface area (Å²) in [7, 11) is 0. The number of para-hydroxylation sites is 1. The van der Waals surface area contributed by atoms with Gasteiger partial charge in [-0.25, -0.2) is 0 Å². The van der Waals surface area contributed by atoms with E-state index in [0.29, 0.717) is 24.7 Å². The van der Waals surface area contributed by atoms with Gasteiger partial charge in [0.2, 0.25) is 0 Å². The van der Waals surface area contributed by atoms with E-state index in [9.17, 15) is 5.11 Å². The molecular weight excluding hydrogens is 346 g/mol. The molecule has 0 aliphatic heterocycles. The summed E-state index contributed by atoms with van der Waals surface area (Å²) in [5.41, 5.74) is 2.99. The molecule has 0 aliphatic carbocycles. The molecule has 3 rings (SSSR count). The maximum absolute atomic E-state index is 10.2. The van der Waals surface area contributed by atoms with Crippen molar-refractivity contribution in [3.63, 3.8) is 0 Å². The largest absolute Gasteiger partial charge is 0.489 e. The third kappa shape index (κ3) is 5.33. The van der Waals surface area contributed by atoms with Gasteiger partial charge < -0.3 is 15.2 Å². The van der Waals surface area contributed by atoms with Crippen molar-refractivity contribution in [3.8, 4) is 5.75 Å². The van der Waals surface area contributed by atoms with E-state index in [-0.39, 0.29) is 0 Å². The van der Waals surface area contributed by atoms with Crippen molar-refractivity contribution < 1.29 is 9.84 Å². The zero-order valence-corrected chi connectivity index (χ0v) is 15.2. The van der Waals surface area contributed by atoms with Gasteiger partial charge in [-0.15, -0.1) is 0 Å². The third-order valence-electron chi connectivity index (χ3n) is 4.09. The Labute approximate surface area is 159 Å². The topological polar surface area (TPSA) is 41.5 Å². The Morgan fingerprint density at radius 3 is 2.50 bits per heavy atom. The fourth-order valence-corrected chi connectivity index (χ4v) is 2.93. The van der Waals surface area contributed by atoms with Crippen LogP contribution in [0.5, 0.6) is 5.75 Å². The SMILES string of the molecule is O[C@@H](CNCc1ccccc1OCc1cccc(Cl)c1)c1ccccc1. The third-order valence-corrected chi connectivity index (χ3v) is 4.33. The predicted octanol–water partition coefficient (Wildman–Crippen LogP) is 4.74. The van der Waals surface area contributed by atoms with Gasteiger partial charge in [0.15, 0.2) is 0 Å². The summed E-state index contributed by atoms with van der Waals surface area (Å²) in [6, 6.07) is 25.2. The Morgan fingerprint density at radius 2 is 1.69 bits per heavy atom. The molecule has 3 nitrogen and oxygen atoms in total. The number of ether oxygens (including phenoxy) is 1. The van der Waals surface area contributed by atoms with Gasteiger partial charge in [-0.3, -0.25) is 0 Å². The molecule has 0 saturated heterocycles. The van der Waals surface area contributed by atoms with Gasteiger partial charge in [0, 0.05) is 23.7 Å². The van der Waals surface area contributed by atoms with E-state index in [1.165, 1.54) is 0 Å². The lowest BCUT2D eigenvalue weighted by molar-refractivity contribution is 0.174. The average molecular weight is 368 g/mol. The number of hydrogen-bond donors (Lipinski definition) is 2. The molecule has 4 heteroatoms. The van der Waals surface area contributed by atoms with E-state index in [1.54, 1.807) is 0 Å². The summed E-state index contributed by atoms with van der Waals surface area (Å²) in [5, 5.41) is 14.2. The number of rotatable bonds is 8. The van der Waals surface area contributed by atoms with E-state index in [2.05, 4.69) is 5.32 Å². The maximum Gasteiger partial charge on any atom is 0.124 e. The van der Waals surface area contributed by atoms with Gasteiger partial charge in [0.1, 0.15) is 12.4 Å². The number of nitrogens with one attached hydrogen (secondary N) is 1. The zero-order chi connectivity index (χ0) is 18.2. The molecule has 3 aromatic rings. The molecule has 1 atom stereocenters. The quantitative estimate of drug-likeness (QED) is 0.604. The second-order valence-corrected chi connectivity index (χ2v) is 6.52. The van der Waals surface area contributed by atoms with Crippen LogP contribution in [-0.4, -0.2) is 11.7 Å². The van der Waals surface area contributed by atoms with E-state index in [1.807, 2.05) is 78.9 Å². The van der Waals surface area contributed by atoms with Gasteiger partial charge in [0.05, 0.1) is 6.10 Å². The lowest BCUT2D eigenvalue weighted by Gasteiger charge is -2.15. The van der Waals surface area contributed by atoms with Gasteiger partial charge in [-0.05, 0) is 29.3 Å². The van der Waals surface area contributed by atoms with Crippen LogP contribution in [0.1, 0.15) is 22.8 Å². The summed E-state index contributed by atoms with van der Waals surface area (Å²) < 4.78 is 5.96. The molecule has 0 spiro atoms. The van der Waals surface area contributed by atoms with Crippen LogP contribution in [0.3, 0.4) is 0 Å². The van der Waals surface area contributed by atoms with Crippen LogP contribution in [0, 0.1) is 0 Å². The standard InChI is InChI=1S/C22H22ClNO2/c23-20-11-6-7-17(13-20)16-26-22-12-5-4-10-19(22)14-24-15-21(25)18-8-2-1-3-9-18/h1-13,21,24-25H,14-16H2/t21-/m0/s1. The summed E-state index contributed by atoms with van der Waals surface area (Å²) >= 11 is 6.02. The first kappa shape index (κ1) is 18.5. The highest BCUT2D eigenvalue weighted by molar-refractivity contribution is 6.30. The monoisotopic (exact) mass is 367 g/mol. The van der Waals surface area contributed by atoms with E-state index in [4.69, 9.17) is 16.3 Å². The fraction of sp³-hybridized carbons (Fsp3) is 0.182. The van der Waals surface area contributed by atoms with Crippen molar-refractivity contribution in [3.05, 3.63) is 101 Å². The van der Waals surface area contributed by atoms with Crippen molar-refractivity contribution in [2.75, 3.05) is 6.54 Å². The number of halogens is 1. The highest BCUT2D eigenvalue weighted by Crippen LogP contribution is 2.20. The average Bonchev–Trinajstić information content (AvgIpc) is 2.68. The summed E-state index contributed by atoms with van der Waals surface area (Å²) in [6.45, 7) is 1.56. The minimum Gasteiger partial charge on any atom is -0.489 e. The first-order chi connectivity index (χ1) is 12.7. The minimum atomic E-state index is -0.532. The Hall–Kier alpha value is -2.33. The number of aliphatic hydroxyl groups excluding tert-OH is 1. The summed E-state index contributed by atoms with van der Waals surface area (Å²) in [6.07, 6.45) is -0.532. The Bertz CT molecular complexity index is 823. The van der Waals surface area contributed by atoms with E-state index < -0.39 is 6.10 Å². The first-order valence-electron chi connectivity index (χ1n) is 8.61. The molecule has 0 saturated carbocycles. The van der Waals surface area contributed by atoms with Crippen LogP contribution in [0.2, 0.25) is 5.02 Å². The second-order valence-electron chi connectivity index (χ2n) is 6.08. The molecule has 0 unspecified atom stereocenters. The van der Waals surface area contributed by atoms with E-state index >= 15 is 0 Å². The van der Waals surface area contributed by atoms with Crippen LogP contribution < -0.4 is 10.1 Å². The maximum atomic E-state index is 10.2. The van der Waals surface area contributed by atoms with Crippen LogP contribution >= 0.6 is 11.6 Å². The second kappa shape index (κ2) is 9.39. The molecule has 0 aliphatic rings. The summed E-state index contributed by atoms with van der Waals surface area (Å²) in [5.74, 6) is 0.828. The van der Waals surface area contributed by atoms with Crippen molar-refractivity contribution in [2.24, 2.45) is 0 Å². The Kier molecular flexibility index (Phi) is 6.67. The molecule has 0 fully saturated rings. The molecule has 2 N–H and O–H groups in total. The Morgan fingerprint density at radius 1 is 0.923 bits per heavy atom. The molecule has 134 valence electrons. The Balaban J connectivity index is 1.55.